The molecule has 0 aromatic heterocycles. The first-order valence-corrected chi connectivity index (χ1v) is 8.07. The third-order valence-corrected chi connectivity index (χ3v) is 4.29. The predicted octanol–water partition coefficient (Wildman–Crippen LogP) is 1.06. The number of aliphatic hydroxyl groups is 1. The van der Waals surface area contributed by atoms with E-state index in [1.807, 2.05) is 6.92 Å². The molecular formula is C15H18FNO3S. The minimum atomic E-state index is -0.949. The summed E-state index contributed by atoms with van der Waals surface area (Å²) in [6.45, 7) is 1.85. The summed E-state index contributed by atoms with van der Waals surface area (Å²) in [5.74, 6) is 3.89. The highest BCUT2D eigenvalue weighted by Crippen LogP contribution is 2.10. The van der Waals surface area contributed by atoms with Gasteiger partial charge in [-0.3, -0.25) is 9.00 Å². The number of aliphatic hydroxyl groups excluding tert-OH is 1. The van der Waals surface area contributed by atoms with Gasteiger partial charge in [-0.15, -0.1) is 0 Å². The first-order chi connectivity index (χ1) is 9.95. The summed E-state index contributed by atoms with van der Waals surface area (Å²) in [4.78, 5) is 11.9. The molecule has 2 unspecified atom stereocenters. The number of rotatable bonds is 5. The number of amides is 1. The monoisotopic (exact) mass is 311 g/mol. The number of nitrogens with one attached hydrogen (secondary N) is 1. The quantitative estimate of drug-likeness (QED) is 0.799. The molecule has 21 heavy (non-hydrogen) atoms. The van der Waals surface area contributed by atoms with Gasteiger partial charge in [-0.2, -0.15) is 0 Å². The highest BCUT2D eigenvalue weighted by Gasteiger charge is 2.13. The van der Waals surface area contributed by atoms with E-state index >= 15 is 0 Å². The maximum Gasteiger partial charge on any atom is 0.254 e. The smallest absolute Gasteiger partial charge is 0.254 e. The van der Waals surface area contributed by atoms with Crippen LogP contribution >= 0.6 is 0 Å². The highest BCUT2D eigenvalue weighted by molar-refractivity contribution is 7.84. The summed E-state index contributed by atoms with van der Waals surface area (Å²) in [6, 6.07) is 3.95. The van der Waals surface area contributed by atoms with Gasteiger partial charge in [0.2, 0.25) is 0 Å². The van der Waals surface area contributed by atoms with Gasteiger partial charge < -0.3 is 10.4 Å². The van der Waals surface area contributed by atoms with Crippen LogP contribution in [0.3, 0.4) is 0 Å². The summed E-state index contributed by atoms with van der Waals surface area (Å²) < 4.78 is 24.8. The molecule has 0 radical (unpaired) electrons. The van der Waals surface area contributed by atoms with Gasteiger partial charge in [0.25, 0.3) is 5.91 Å². The minimum Gasteiger partial charge on any atom is -0.384 e. The van der Waals surface area contributed by atoms with Gasteiger partial charge in [0.05, 0.1) is 5.56 Å². The van der Waals surface area contributed by atoms with E-state index in [1.54, 1.807) is 6.26 Å². The van der Waals surface area contributed by atoms with E-state index < -0.39 is 22.5 Å². The van der Waals surface area contributed by atoms with Crippen molar-refractivity contribution in [3.05, 3.63) is 35.1 Å². The molecule has 0 saturated heterocycles. The zero-order valence-corrected chi connectivity index (χ0v) is 12.8. The molecule has 1 aromatic rings. The van der Waals surface area contributed by atoms with Crippen LogP contribution in [0.5, 0.6) is 0 Å². The van der Waals surface area contributed by atoms with Crippen LogP contribution in [0, 0.1) is 17.7 Å². The Hall–Kier alpha value is -1.71. The first kappa shape index (κ1) is 17.3. The third-order valence-electron chi connectivity index (χ3n) is 2.93. The standard InChI is InChI=1S/C15H18FNO3S/c1-11(21(2)20)7-8-17-15(19)13-10-12(4-3-9-18)5-6-14(13)16/h5-6,10-11,18H,7-9H2,1-2H3,(H,17,19). The maximum atomic E-state index is 13.6. The molecule has 0 aliphatic rings. The molecule has 0 aliphatic heterocycles. The fourth-order valence-electron chi connectivity index (χ4n) is 1.57. The fourth-order valence-corrected chi connectivity index (χ4v) is 2.02. The lowest BCUT2D eigenvalue weighted by molar-refractivity contribution is 0.0949. The van der Waals surface area contributed by atoms with Crippen LogP contribution in [0.15, 0.2) is 18.2 Å². The molecule has 1 amide bonds. The number of hydrogen-bond donors (Lipinski definition) is 2. The minimum absolute atomic E-state index is 0.0306. The number of carbonyl (C=O) groups excluding carboxylic acids is 1. The number of benzene rings is 1. The van der Waals surface area contributed by atoms with Crippen LogP contribution in [0.25, 0.3) is 0 Å². The van der Waals surface area contributed by atoms with Gasteiger partial charge in [0, 0.05) is 34.4 Å². The van der Waals surface area contributed by atoms with Crippen molar-refractivity contribution >= 4 is 16.7 Å². The van der Waals surface area contributed by atoms with Gasteiger partial charge in [-0.25, -0.2) is 4.39 Å². The Bertz CT molecular complexity index is 592. The Morgan fingerprint density at radius 2 is 2.24 bits per heavy atom. The van der Waals surface area contributed by atoms with Crippen LogP contribution in [0.2, 0.25) is 0 Å². The van der Waals surface area contributed by atoms with Crippen molar-refractivity contribution in [3.8, 4) is 11.8 Å². The second-order valence-electron chi connectivity index (χ2n) is 4.51. The normalized spacial score (nSPS) is 13.0. The van der Waals surface area contributed by atoms with Crippen molar-refractivity contribution in [1.82, 2.24) is 5.32 Å². The Labute approximate surface area is 126 Å². The van der Waals surface area contributed by atoms with E-state index in [0.717, 1.165) is 0 Å². The summed E-state index contributed by atoms with van der Waals surface area (Å²) in [5.41, 5.74) is 0.364. The fraction of sp³-hybridized carbons (Fsp3) is 0.400. The van der Waals surface area contributed by atoms with Crippen molar-refractivity contribution in [2.24, 2.45) is 0 Å². The largest absolute Gasteiger partial charge is 0.384 e. The summed E-state index contributed by atoms with van der Waals surface area (Å²) in [7, 11) is -0.949. The average molecular weight is 311 g/mol. The van der Waals surface area contributed by atoms with E-state index in [2.05, 4.69) is 17.2 Å². The Morgan fingerprint density at radius 1 is 1.52 bits per heavy atom. The lowest BCUT2D eigenvalue weighted by Gasteiger charge is -2.10. The zero-order chi connectivity index (χ0) is 15.8. The first-order valence-electron chi connectivity index (χ1n) is 6.45. The van der Waals surface area contributed by atoms with E-state index in [9.17, 15) is 13.4 Å². The molecule has 0 saturated carbocycles. The Kier molecular flexibility index (Phi) is 7.06. The van der Waals surface area contributed by atoms with Crippen LogP contribution in [-0.4, -0.2) is 39.9 Å². The second-order valence-corrected chi connectivity index (χ2v) is 6.31. The number of hydrogen-bond acceptors (Lipinski definition) is 3. The average Bonchev–Trinajstić information content (AvgIpc) is 2.45. The topological polar surface area (TPSA) is 66.4 Å². The molecule has 0 fully saturated rings. The molecule has 114 valence electrons. The number of carbonyl (C=O) groups is 1. The molecule has 6 heteroatoms. The van der Waals surface area contributed by atoms with Crippen LogP contribution in [-0.2, 0) is 10.8 Å². The molecular weight excluding hydrogens is 293 g/mol. The molecule has 0 aliphatic carbocycles. The van der Waals surface area contributed by atoms with Crippen LogP contribution in [0.4, 0.5) is 4.39 Å². The third kappa shape index (κ3) is 5.66. The predicted molar refractivity (Wildman–Crippen MR) is 80.8 cm³/mol. The van der Waals surface area contributed by atoms with Gasteiger partial charge in [0.15, 0.2) is 0 Å². The molecule has 4 nitrogen and oxygen atoms in total. The van der Waals surface area contributed by atoms with E-state index in [4.69, 9.17) is 5.11 Å². The van der Waals surface area contributed by atoms with Crippen molar-refractivity contribution in [2.45, 2.75) is 18.6 Å². The van der Waals surface area contributed by atoms with Crippen LogP contribution in [0.1, 0.15) is 29.3 Å². The van der Waals surface area contributed by atoms with Crippen molar-refractivity contribution in [1.29, 1.82) is 0 Å². The lowest BCUT2D eigenvalue weighted by Crippen LogP contribution is -2.28. The molecule has 0 spiro atoms. The van der Waals surface area contributed by atoms with E-state index in [-0.39, 0.29) is 17.4 Å². The van der Waals surface area contributed by atoms with Crippen molar-refractivity contribution < 1.29 is 18.5 Å². The molecule has 1 rings (SSSR count). The summed E-state index contributed by atoms with van der Waals surface area (Å²) in [5, 5.41) is 11.2. The van der Waals surface area contributed by atoms with E-state index in [0.29, 0.717) is 18.5 Å². The number of halogens is 1. The van der Waals surface area contributed by atoms with Gasteiger partial charge in [-0.05, 0) is 24.6 Å². The van der Waals surface area contributed by atoms with Gasteiger partial charge in [0.1, 0.15) is 12.4 Å². The van der Waals surface area contributed by atoms with E-state index in [1.165, 1.54) is 18.2 Å². The summed E-state index contributed by atoms with van der Waals surface area (Å²) >= 11 is 0. The second kappa shape index (κ2) is 8.55. The molecule has 0 bridgehead atoms. The molecule has 0 heterocycles. The molecule has 2 N–H and O–H groups in total. The SMILES string of the molecule is CC(CCNC(=O)c1cc(C#CCO)ccc1F)S(C)=O. The molecule has 2 atom stereocenters. The maximum absolute atomic E-state index is 13.6. The lowest BCUT2D eigenvalue weighted by atomic mass is 10.1. The van der Waals surface area contributed by atoms with Crippen LogP contribution < -0.4 is 5.32 Å². The Morgan fingerprint density at radius 3 is 2.86 bits per heavy atom. The summed E-state index contributed by atoms with van der Waals surface area (Å²) in [6.07, 6.45) is 2.16. The van der Waals surface area contributed by atoms with Gasteiger partial charge >= 0.3 is 0 Å². The van der Waals surface area contributed by atoms with Crippen molar-refractivity contribution in [2.75, 3.05) is 19.4 Å². The molecule has 1 aromatic carbocycles. The highest BCUT2D eigenvalue weighted by atomic mass is 32.2. The Balaban J connectivity index is 2.71. The van der Waals surface area contributed by atoms with Crippen molar-refractivity contribution in [3.63, 3.8) is 0 Å². The zero-order valence-electron chi connectivity index (χ0n) is 12.0. The van der Waals surface area contributed by atoms with Gasteiger partial charge in [-0.1, -0.05) is 18.8 Å².